The zero-order chi connectivity index (χ0) is 10.2. The zero-order valence-corrected chi connectivity index (χ0v) is 9.82. The van der Waals surface area contributed by atoms with Crippen molar-refractivity contribution in [3.8, 4) is 0 Å². The number of aryl methyl sites for hydroxylation is 1. The lowest BCUT2D eigenvalue weighted by Crippen LogP contribution is -2.18. The Bertz CT molecular complexity index is 247. The second kappa shape index (κ2) is 6.96. The Morgan fingerprint density at radius 3 is 2.93 bits per heavy atom. The smallest absolute Gasteiger partial charge is 0.114 e. The van der Waals surface area contributed by atoms with Crippen LogP contribution in [0.15, 0.2) is 21.6 Å². The molecule has 0 aromatic carbocycles. The van der Waals surface area contributed by atoms with Gasteiger partial charge in [-0.05, 0) is 26.0 Å². The third kappa shape index (κ3) is 4.20. The molecule has 0 amide bonds. The van der Waals surface area contributed by atoms with Gasteiger partial charge < -0.3 is 9.73 Å². The van der Waals surface area contributed by atoms with Crippen molar-refractivity contribution in [3.05, 3.63) is 18.1 Å². The van der Waals surface area contributed by atoms with Crippen LogP contribution in [0.5, 0.6) is 0 Å². The Morgan fingerprint density at radius 2 is 2.29 bits per heavy atom. The van der Waals surface area contributed by atoms with Crippen LogP contribution < -0.4 is 5.32 Å². The molecule has 0 atom stereocenters. The molecular formula is C11H19NOS. The van der Waals surface area contributed by atoms with Gasteiger partial charge in [0, 0.05) is 17.2 Å². The number of thioether (sulfide) groups is 1. The Hall–Kier alpha value is -0.410. The molecule has 0 saturated carbocycles. The van der Waals surface area contributed by atoms with Crippen molar-refractivity contribution < 1.29 is 4.42 Å². The molecule has 1 N–H and O–H groups in total. The highest BCUT2D eigenvalue weighted by Gasteiger charge is 2.00. The normalized spacial score (nSPS) is 10.7. The third-order valence-corrected chi connectivity index (χ3v) is 3.20. The Balaban J connectivity index is 2.02. The second-order valence-electron chi connectivity index (χ2n) is 3.29. The van der Waals surface area contributed by atoms with Crippen LogP contribution in [0.2, 0.25) is 0 Å². The molecule has 0 aliphatic heterocycles. The van der Waals surface area contributed by atoms with Gasteiger partial charge in [-0.15, -0.1) is 11.8 Å². The van der Waals surface area contributed by atoms with Gasteiger partial charge in [-0.3, -0.25) is 0 Å². The van der Waals surface area contributed by atoms with Crippen LogP contribution >= 0.6 is 11.8 Å². The van der Waals surface area contributed by atoms with Crippen molar-refractivity contribution in [1.82, 2.24) is 5.32 Å². The summed E-state index contributed by atoms with van der Waals surface area (Å²) in [7, 11) is 0. The molecule has 14 heavy (non-hydrogen) atoms. The topological polar surface area (TPSA) is 25.2 Å². The quantitative estimate of drug-likeness (QED) is 0.556. The fourth-order valence-corrected chi connectivity index (χ4v) is 2.05. The summed E-state index contributed by atoms with van der Waals surface area (Å²) in [6, 6.07) is 2.03. The minimum absolute atomic E-state index is 1.03. The highest BCUT2D eigenvalue weighted by atomic mass is 32.2. The predicted octanol–water partition coefficient (Wildman–Crippen LogP) is 3.07. The predicted molar refractivity (Wildman–Crippen MR) is 61.9 cm³/mol. The standard InChI is InChI=1S/C11H19NOS/c1-3-4-6-12-7-9-14-11-5-8-13-10(11)2/h5,8,12H,3-4,6-7,9H2,1-2H3. The summed E-state index contributed by atoms with van der Waals surface area (Å²) in [5, 5.41) is 3.42. The lowest BCUT2D eigenvalue weighted by atomic mass is 10.3. The first-order valence-electron chi connectivity index (χ1n) is 5.22. The Labute approximate surface area is 90.5 Å². The Kier molecular flexibility index (Phi) is 5.80. The molecule has 0 radical (unpaired) electrons. The third-order valence-electron chi connectivity index (χ3n) is 2.05. The van der Waals surface area contributed by atoms with Crippen molar-refractivity contribution in [3.63, 3.8) is 0 Å². The second-order valence-corrected chi connectivity index (χ2v) is 4.43. The van der Waals surface area contributed by atoms with Crippen LogP contribution in [-0.4, -0.2) is 18.8 Å². The van der Waals surface area contributed by atoms with Gasteiger partial charge in [0.05, 0.1) is 6.26 Å². The molecule has 0 spiro atoms. The maximum atomic E-state index is 5.22. The highest BCUT2D eigenvalue weighted by Crippen LogP contribution is 2.22. The summed E-state index contributed by atoms with van der Waals surface area (Å²) in [5.74, 6) is 2.15. The SMILES string of the molecule is CCCCNCCSc1ccoc1C. The Morgan fingerprint density at radius 1 is 1.43 bits per heavy atom. The molecule has 80 valence electrons. The van der Waals surface area contributed by atoms with E-state index < -0.39 is 0 Å². The lowest BCUT2D eigenvalue weighted by molar-refractivity contribution is 0.527. The van der Waals surface area contributed by atoms with E-state index in [1.54, 1.807) is 6.26 Å². The van der Waals surface area contributed by atoms with Gasteiger partial charge in [-0.1, -0.05) is 13.3 Å². The minimum Gasteiger partial charge on any atom is -0.468 e. The number of nitrogens with one attached hydrogen (secondary N) is 1. The first-order chi connectivity index (χ1) is 6.84. The largest absolute Gasteiger partial charge is 0.468 e. The maximum absolute atomic E-state index is 5.22. The van der Waals surface area contributed by atoms with Crippen LogP contribution in [0.1, 0.15) is 25.5 Å². The average molecular weight is 213 g/mol. The van der Waals surface area contributed by atoms with E-state index >= 15 is 0 Å². The fraction of sp³-hybridized carbons (Fsp3) is 0.636. The molecule has 0 saturated heterocycles. The van der Waals surface area contributed by atoms with Gasteiger partial charge in [0.25, 0.3) is 0 Å². The number of hydrogen-bond acceptors (Lipinski definition) is 3. The van der Waals surface area contributed by atoms with Gasteiger partial charge >= 0.3 is 0 Å². The van der Waals surface area contributed by atoms with Gasteiger partial charge in [0.15, 0.2) is 0 Å². The van der Waals surface area contributed by atoms with Crippen molar-refractivity contribution in [2.24, 2.45) is 0 Å². The summed E-state index contributed by atoms with van der Waals surface area (Å²) in [6.45, 7) is 6.44. The summed E-state index contributed by atoms with van der Waals surface area (Å²) in [4.78, 5) is 1.27. The van der Waals surface area contributed by atoms with E-state index in [9.17, 15) is 0 Å². The first-order valence-corrected chi connectivity index (χ1v) is 6.20. The first kappa shape index (κ1) is 11.7. The molecule has 1 aromatic rings. The van der Waals surface area contributed by atoms with Crippen molar-refractivity contribution in [2.45, 2.75) is 31.6 Å². The fourth-order valence-electron chi connectivity index (χ4n) is 1.18. The summed E-state index contributed by atoms with van der Waals surface area (Å²) < 4.78 is 5.22. The van der Waals surface area contributed by atoms with E-state index in [1.807, 2.05) is 24.8 Å². The number of hydrogen-bond donors (Lipinski definition) is 1. The summed E-state index contributed by atoms with van der Waals surface area (Å²) in [5.41, 5.74) is 0. The van der Waals surface area contributed by atoms with Crippen molar-refractivity contribution >= 4 is 11.8 Å². The monoisotopic (exact) mass is 213 g/mol. The molecular weight excluding hydrogens is 194 g/mol. The van der Waals surface area contributed by atoms with Crippen LogP contribution in [0.4, 0.5) is 0 Å². The van der Waals surface area contributed by atoms with Crippen LogP contribution in [-0.2, 0) is 0 Å². The molecule has 2 nitrogen and oxygen atoms in total. The average Bonchev–Trinajstić information content (AvgIpc) is 2.58. The van der Waals surface area contributed by atoms with Gasteiger partial charge in [-0.2, -0.15) is 0 Å². The molecule has 1 rings (SSSR count). The molecule has 0 aliphatic rings. The molecule has 3 heteroatoms. The van der Waals surface area contributed by atoms with Crippen LogP contribution in [0, 0.1) is 6.92 Å². The molecule has 0 bridgehead atoms. The highest BCUT2D eigenvalue weighted by molar-refractivity contribution is 7.99. The van der Waals surface area contributed by atoms with Crippen molar-refractivity contribution in [2.75, 3.05) is 18.8 Å². The maximum Gasteiger partial charge on any atom is 0.114 e. The zero-order valence-electron chi connectivity index (χ0n) is 9.01. The van der Waals surface area contributed by atoms with Crippen LogP contribution in [0.3, 0.4) is 0 Å². The molecule has 1 aromatic heterocycles. The summed E-state index contributed by atoms with van der Waals surface area (Å²) >= 11 is 1.86. The summed E-state index contributed by atoms with van der Waals surface area (Å²) in [6.07, 6.45) is 4.29. The van der Waals surface area contributed by atoms with Gasteiger partial charge in [-0.25, -0.2) is 0 Å². The van der Waals surface area contributed by atoms with E-state index in [2.05, 4.69) is 12.2 Å². The number of unbranched alkanes of at least 4 members (excludes halogenated alkanes) is 1. The lowest BCUT2D eigenvalue weighted by Gasteiger charge is -2.02. The van der Waals surface area contributed by atoms with E-state index in [4.69, 9.17) is 4.42 Å². The minimum atomic E-state index is 1.03. The molecule has 0 aliphatic carbocycles. The molecule has 1 heterocycles. The van der Waals surface area contributed by atoms with E-state index in [0.29, 0.717) is 0 Å². The molecule has 0 fully saturated rings. The number of rotatable bonds is 7. The van der Waals surface area contributed by atoms with Crippen molar-refractivity contribution in [1.29, 1.82) is 0 Å². The van der Waals surface area contributed by atoms with Gasteiger partial charge in [0.1, 0.15) is 5.76 Å². The van der Waals surface area contributed by atoms with E-state index in [-0.39, 0.29) is 0 Å². The number of furan rings is 1. The molecule has 0 unspecified atom stereocenters. The van der Waals surface area contributed by atoms with E-state index in [0.717, 1.165) is 24.6 Å². The van der Waals surface area contributed by atoms with Gasteiger partial charge in [0.2, 0.25) is 0 Å². The van der Waals surface area contributed by atoms with E-state index in [1.165, 1.54) is 17.7 Å². The van der Waals surface area contributed by atoms with Crippen LogP contribution in [0.25, 0.3) is 0 Å².